The van der Waals surface area contributed by atoms with Crippen LogP contribution in [0.5, 0.6) is 5.75 Å². The topological polar surface area (TPSA) is 58.6 Å². The van der Waals surface area contributed by atoms with Crippen molar-refractivity contribution in [3.63, 3.8) is 0 Å². The van der Waals surface area contributed by atoms with Gasteiger partial charge in [0.05, 0.1) is 6.54 Å². The molecule has 0 aliphatic carbocycles. The van der Waals surface area contributed by atoms with Crippen LogP contribution >= 0.6 is 0 Å². The van der Waals surface area contributed by atoms with Gasteiger partial charge in [0.1, 0.15) is 18.4 Å². The van der Waals surface area contributed by atoms with Crippen molar-refractivity contribution in [2.75, 3.05) is 13.2 Å². The van der Waals surface area contributed by atoms with E-state index in [0.717, 1.165) is 16.9 Å². The van der Waals surface area contributed by atoms with E-state index >= 15 is 0 Å². The standard InChI is InChI=1S/C16H22N2O3/c1-10(2)14-15(19)18(16(20)17-14)7-8-21-13-9-11(3)5-6-12(13)4/h5-6,9-10,14H,7-8H2,1-4H3,(H,17,20). The molecule has 0 aromatic heterocycles. The van der Waals surface area contributed by atoms with Crippen LogP contribution in [0.15, 0.2) is 18.2 Å². The van der Waals surface area contributed by atoms with Crippen molar-refractivity contribution < 1.29 is 14.3 Å². The van der Waals surface area contributed by atoms with E-state index in [2.05, 4.69) is 5.32 Å². The Labute approximate surface area is 125 Å². The third-order valence-electron chi connectivity index (χ3n) is 3.64. The number of carbonyl (C=O) groups is 2. The van der Waals surface area contributed by atoms with E-state index in [1.54, 1.807) is 0 Å². The van der Waals surface area contributed by atoms with Crippen molar-refractivity contribution in [2.24, 2.45) is 5.92 Å². The summed E-state index contributed by atoms with van der Waals surface area (Å²) in [6.07, 6.45) is 0. The molecule has 1 saturated heterocycles. The molecule has 1 atom stereocenters. The largest absolute Gasteiger partial charge is 0.491 e. The minimum absolute atomic E-state index is 0.0892. The van der Waals surface area contributed by atoms with Crippen molar-refractivity contribution in [1.82, 2.24) is 10.2 Å². The minimum Gasteiger partial charge on any atom is -0.491 e. The molecule has 5 heteroatoms. The lowest BCUT2D eigenvalue weighted by molar-refractivity contribution is -0.128. The number of nitrogens with one attached hydrogen (secondary N) is 1. The Balaban J connectivity index is 1.93. The van der Waals surface area contributed by atoms with Crippen LogP contribution < -0.4 is 10.1 Å². The summed E-state index contributed by atoms with van der Waals surface area (Å²) in [6.45, 7) is 8.36. The minimum atomic E-state index is -0.418. The number of imide groups is 1. The van der Waals surface area contributed by atoms with E-state index in [1.807, 2.05) is 45.9 Å². The van der Waals surface area contributed by atoms with Crippen molar-refractivity contribution in [3.8, 4) is 5.75 Å². The number of aryl methyl sites for hydroxylation is 2. The van der Waals surface area contributed by atoms with E-state index in [0.29, 0.717) is 6.61 Å². The highest BCUT2D eigenvalue weighted by atomic mass is 16.5. The second kappa shape index (κ2) is 6.16. The predicted octanol–water partition coefficient (Wildman–Crippen LogP) is 2.26. The number of hydrogen-bond acceptors (Lipinski definition) is 3. The van der Waals surface area contributed by atoms with Crippen LogP contribution in [0.25, 0.3) is 0 Å². The van der Waals surface area contributed by atoms with Crippen LogP contribution in [0.1, 0.15) is 25.0 Å². The summed E-state index contributed by atoms with van der Waals surface area (Å²) in [5.41, 5.74) is 2.16. The summed E-state index contributed by atoms with van der Waals surface area (Å²) in [4.78, 5) is 25.1. The molecular weight excluding hydrogens is 268 g/mol. The summed E-state index contributed by atoms with van der Waals surface area (Å²) >= 11 is 0. The molecule has 3 amide bonds. The molecule has 0 radical (unpaired) electrons. The van der Waals surface area contributed by atoms with Gasteiger partial charge in [-0.1, -0.05) is 26.0 Å². The highest BCUT2D eigenvalue weighted by molar-refractivity contribution is 6.04. The van der Waals surface area contributed by atoms with E-state index in [1.165, 1.54) is 4.90 Å². The molecule has 1 aliphatic rings. The second-order valence-electron chi connectivity index (χ2n) is 5.78. The van der Waals surface area contributed by atoms with E-state index < -0.39 is 6.04 Å². The zero-order valence-corrected chi connectivity index (χ0v) is 13.0. The molecule has 2 rings (SSSR count). The Morgan fingerprint density at radius 2 is 2.00 bits per heavy atom. The maximum absolute atomic E-state index is 12.1. The summed E-state index contributed by atoms with van der Waals surface area (Å²) in [6, 6.07) is 5.22. The molecule has 0 saturated carbocycles. The number of carbonyl (C=O) groups excluding carboxylic acids is 2. The maximum Gasteiger partial charge on any atom is 0.324 e. The predicted molar refractivity (Wildman–Crippen MR) is 80.3 cm³/mol. The lowest BCUT2D eigenvalue weighted by atomic mass is 10.1. The first kappa shape index (κ1) is 15.4. The van der Waals surface area contributed by atoms with Crippen molar-refractivity contribution in [1.29, 1.82) is 0 Å². The van der Waals surface area contributed by atoms with Crippen molar-refractivity contribution in [3.05, 3.63) is 29.3 Å². The number of benzene rings is 1. The third-order valence-corrected chi connectivity index (χ3v) is 3.64. The fraction of sp³-hybridized carbons (Fsp3) is 0.500. The summed E-state index contributed by atoms with van der Waals surface area (Å²) in [5.74, 6) is 0.716. The van der Waals surface area contributed by atoms with Gasteiger partial charge in [-0.3, -0.25) is 9.69 Å². The highest BCUT2D eigenvalue weighted by Gasteiger charge is 2.39. The smallest absolute Gasteiger partial charge is 0.324 e. The van der Waals surface area contributed by atoms with Gasteiger partial charge in [0.2, 0.25) is 0 Å². The molecule has 0 spiro atoms. The monoisotopic (exact) mass is 290 g/mol. The molecule has 1 aromatic rings. The molecular formula is C16H22N2O3. The van der Waals surface area contributed by atoms with Gasteiger partial charge in [-0.25, -0.2) is 4.79 Å². The molecule has 1 fully saturated rings. The van der Waals surface area contributed by atoms with Crippen molar-refractivity contribution >= 4 is 11.9 Å². The van der Waals surface area contributed by atoms with Gasteiger partial charge in [-0.2, -0.15) is 0 Å². The fourth-order valence-corrected chi connectivity index (χ4v) is 2.31. The quantitative estimate of drug-likeness (QED) is 0.846. The van der Waals surface area contributed by atoms with E-state index in [-0.39, 0.29) is 24.4 Å². The second-order valence-corrected chi connectivity index (χ2v) is 5.78. The normalized spacial score (nSPS) is 18.3. The molecule has 1 N–H and O–H groups in total. The van der Waals surface area contributed by atoms with Gasteiger partial charge >= 0.3 is 6.03 Å². The molecule has 5 nitrogen and oxygen atoms in total. The Morgan fingerprint density at radius 1 is 1.29 bits per heavy atom. The van der Waals surface area contributed by atoms with Crippen LogP contribution in [0.3, 0.4) is 0 Å². The molecule has 1 aliphatic heterocycles. The fourth-order valence-electron chi connectivity index (χ4n) is 2.31. The number of ether oxygens (including phenoxy) is 1. The first-order chi connectivity index (χ1) is 9.90. The zero-order chi connectivity index (χ0) is 15.6. The Morgan fingerprint density at radius 3 is 2.62 bits per heavy atom. The summed E-state index contributed by atoms with van der Waals surface area (Å²) in [5, 5.41) is 2.70. The van der Waals surface area contributed by atoms with Crippen LogP contribution in [-0.2, 0) is 4.79 Å². The van der Waals surface area contributed by atoms with Crippen LogP contribution in [-0.4, -0.2) is 36.0 Å². The van der Waals surface area contributed by atoms with Crippen molar-refractivity contribution in [2.45, 2.75) is 33.7 Å². The summed E-state index contributed by atoms with van der Waals surface area (Å²) in [7, 11) is 0. The Kier molecular flexibility index (Phi) is 4.50. The Hall–Kier alpha value is -2.04. The molecule has 1 aromatic carbocycles. The molecule has 21 heavy (non-hydrogen) atoms. The van der Waals surface area contributed by atoms with Gasteiger partial charge in [-0.05, 0) is 37.0 Å². The van der Waals surface area contributed by atoms with Gasteiger partial charge in [0, 0.05) is 0 Å². The summed E-state index contributed by atoms with van der Waals surface area (Å²) < 4.78 is 5.70. The van der Waals surface area contributed by atoms with Gasteiger partial charge < -0.3 is 10.1 Å². The van der Waals surface area contributed by atoms with E-state index in [4.69, 9.17) is 4.74 Å². The van der Waals surface area contributed by atoms with E-state index in [9.17, 15) is 9.59 Å². The average Bonchev–Trinajstić information content (AvgIpc) is 2.70. The lowest BCUT2D eigenvalue weighted by Crippen LogP contribution is -2.36. The number of rotatable bonds is 5. The molecule has 0 bridgehead atoms. The van der Waals surface area contributed by atoms with Gasteiger partial charge in [0.15, 0.2) is 0 Å². The number of hydrogen-bond donors (Lipinski definition) is 1. The molecule has 114 valence electrons. The van der Waals surface area contributed by atoms with Gasteiger partial charge in [-0.15, -0.1) is 0 Å². The number of urea groups is 1. The maximum atomic E-state index is 12.1. The van der Waals surface area contributed by atoms with Crippen LogP contribution in [0, 0.1) is 19.8 Å². The van der Waals surface area contributed by atoms with Crippen LogP contribution in [0.4, 0.5) is 4.79 Å². The zero-order valence-electron chi connectivity index (χ0n) is 13.0. The average molecular weight is 290 g/mol. The first-order valence-corrected chi connectivity index (χ1v) is 7.22. The molecule has 1 unspecified atom stereocenters. The van der Waals surface area contributed by atoms with Crippen LogP contribution in [0.2, 0.25) is 0 Å². The highest BCUT2D eigenvalue weighted by Crippen LogP contribution is 2.19. The number of nitrogens with zero attached hydrogens (tertiary/aromatic N) is 1. The first-order valence-electron chi connectivity index (χ1n) is 7.22. The lowest BCUT2D eigenvalue weighted by Gasteiger charge is -2.15. The third kappa shape index (κ3) is 3.35. The molecule has 1 heterocycles. The van der Waals surface area contributed by atoms with Gasteiger partial charge in [0.25, 0.3) is 5.91 Å². The number of amides is 3. The Bertz CT molecular complexity index is 554. The SMILES string of the molecule is Cc1ccc(C)c(OCCN2C(=O)NC(C(C)C)C2=O)c1.